The van der Waals surface area contributed by atoms with Crippen LogP contribution in [-0.4, -0.2) is 17.0 Å². The van der Waals surface area contributed by atoms with Gasteiger partial charge in [0.25, 0.3) is 0 Å². The lowest BCUT2D eigenvalue weighted by molar-refractivity contribution is -0.148. The van der Waals surface area contributed by atoms with E-state index in [1.54, 1.807) is 0 Å². The minimum Gasteiger partial charge on any atom is -0.393 e. The van der Waals surface area contributed by atoms with Crippen molar-refractivity contribution in [3.05, 3.63) is 0 Å². The van der Waals surface area contributed by atoms with Gasteiger partial charge in [-0.2, -0.15) is 0 Å². The molecule has 0 aliphatic heterocycles. The van der Waals surface area contributed by atoms with Gasteiger partial charge < -0.3 is 5.11 Å². The zero-order valence-corrected chi connectivity index (χ0v) is 18.0. The lowest BCUT2D eigenvalue weighted by atomic mass is 9.42. The third-order valence-corrected chi connectivity index (χ3v) is 10.3. The van der Waals surface area contributed by atoms with Crippen LogP contribution in [0.1, 0.15) is 85.0 Å². The molecule has 0 aromatic carbocycles. The zero-order chi connectivity index (χ0) is 19.7. The van der Waals surface area contributed by atoms with Gasteiger partial charge in [0.1, 0.15) is 5.78 Å². The van der Waals surface area contributed by atoms with E-state index in [1.165, 1.54) is 44.9 Å². The number of Topliss-reactive ketones (excluding diaryl/α,β-unsaturated/α-hetero) is 1. The van der Waals surface area contributed by atoms with Crippen LogP contribution in [0.25, 0.3) is 0 Å². The van der Waals surface area contributed by atoms with E-state index < -0.39 is 0 Å². The predicted molar refractivity (Wildman–Crippen MR) is 111 cm³/mol. The smallest absolute Gasteiger partial charge is 0.133 e. The Morgan fingerprint density at radius 2 is 1.71 bits per heavy atom. The van der Waals surface area contributed by atoms with E-state index in [9.17, 15) is 9.90 Å². The molecule has 9 atom stereocenters. The first kappa shape index (κ1) is 19.2. The van der Waals surface area contributed by atoms with Crippen molar-refractivity contribution in [1.82, 2.24) is 0 Å². The molecule has 0 radical (unpaired) electrons. The normalized spacial score (nSPS) is 52.6. The highest BCUT2D eigenvalue weighted by molar-refractivity contribution is 5.79. The van der Waals surface area contributed by atoms with Crippen molar-refractivity contribution in [1.29, 1.82) is 0 Å². The van der Waals surface area contributed by atoms with Crippen LogP contribution in [0.5, 0.6) is 0 Å². The molecule has 0 aromatic rings. The maximum absolute atomic E-state index is 12.4. The molecule has 2 heteroatoms. The summed E-state index contributed by atoms with van der Waals surface area (Å²) in [4.78, 5) is 12.4. The number of aliphatic hydroxyl groups excluding tert-OH is 1. The third-order valence-electron chi connectivity index (χ3n) is 10.3. The van der Waals surface area contributed by atoms with Crippen LogP contribution in [0.3, 0.4) is 0 Å². The second-order valence-electron chi connectivity index (χ2n) is 11.5. The number of fused-ring (bicyclic) bond motifs is 5. The first-order valence-electron chi connectivity index (χ1n) is 12.0. The van der Waals surface area contributed by atoms with Gasteiger partial charge in [0.2, 0.25) is 0 Å². The SMILES string of the molecule is CC(=O)[C@H]1CC[C@H]2[C@@H]3CC[C@H]4C[C@H](O)CC(C#CC5CC5)[C@]4(C)[C@H]3CC[C@]12C. The fraction of sp³-hybridized carbons (Fsp3) is 0.885. The molecule has 0 aromatic heterocycles. The number of hydrogen-bond acceptors (Lipinski definition) is 2. The second kappa shape index (κ2) is 6.60. The fourth-order valence-corrected chi connectivity index (χ4v) is 8.66. The van der Waals surface area contributed by atoms with Crippen LogP contribution in [0.2, 0.25) is 0 Å². The van der Waals surface area contributed by atoms with Crippen molar-refractivity contribution in [2.45, 2.75) is 91.1 Å². The number of carbonyl (C=O) groups excluding carboxylic acids is 1. The summed E-state index contributed by atoms with van der Waals surface area (Å²) in [6, 6.07) is 0. The Balaban J connectivity index is 1.47. The Morgan fingerprint density at radius 1 is 0.929 bits per heavy atom. The Hall–Kier alpha value is -0.810. The monoisotopic (exact) mass is 382 g/mol. The van der Waals surface area contributed by atoms with Gasteiger partial charge in [-0.3, -0.25) is 4.79 Å². The molecule has 5 fully saturated rings. The number of aliphatic hydroxyl groups is 1. The molecule has 5 saturated carbocycles. The molecule has 28 heavy (non-hydrogen) atoms. The summed E-state index contributed by atoms with van der Waals surface area (Å²) < 4.78 is 0. The quantitative estimate of drug-likeness (QED) is 0.630. The zero-order valence-electron chi connectivity index (χ0n) is 18.0. The van der Waals surface area contributed by atoms with Crippen molar-refractivity contribution < 1.29 is 9.90 Å². The van der Waals surface area contributed by atoms with Crippen molar-refractivity contribution in [3.8, 4) is 11.8 Å². The molecule has 0 amide bonds. The van der Waals surface area contributed by atoms with Crippen molar-refractivity contribution in [3.63, 3.8) is 0 Å². The summed E-state index contributed by atoms with van der Waals surface area (Å²) in [6.07, 6.45) is 11.7. The number of rotatable bonds is 1. The Labute approximate surface area is 171 Å². The maximum atomic E-state index is 12.4. The molecule has 2 nitrogen and oxygen atoms in total. The Morgan fingerprint density at radius 3 is 2.43 bits per heavy atom. The summed E-state index contributed by atoms with van der Waals surface area (Å²) in [5, 5.41) is 10.6. The lowest BCUT2D eigenvalue weighted by Gasteiger charge is -2.62. The summed E-state index contributed by atoms with van der Waals surface area (Å²) in [6.45, 7) is 6.82. The van der Waals surface area contributed by atoms with Gasteiger partial charge >= 0.3 is 0 Å². The molecule has 5 aliphatic rings. The predicted octanol–water partition coefficient (Wildman–Crippen LogP) is 5.23. The average Bonchev–Trinajstić information content (AvgIpc) is 3.39. The average molecular weight is 383 g/mol. The van der Waals surface area contributed by atoms with Crippen molar-refractivity contribution in [2.75, 3.05) is 0 Å². The fourth-order valence-electron chi connectivity index (χ4n) is 8.66. The molecular formula is C26H38O2. The van der Waals surface area contributed by atoms with E-state index in [-0.39, 0.29) is 16.9 Å². The highest BCUT2D eigenvalue weighted by atomic mass is 16.3. The van der Waals surface area contributed by atoms with E-state index in [1.807, 2.05) is 6.92 Å². The molecule has 5 rings (SSSR count). The Bertz CT molecular complexity index is 712. The minimum atomic E-state index is -0.157. The van der Waals surface area contributed by atoms with Gasteiger partial charge in [0.15, 0.2) is 0 Å². The van der Waals surface area contributed by atoms with Gasteiger partial charge in [-0.05, 0) is 106 Å². The van der Waals surface area contributed by atoms with Crippen LogP contribution < -0.4 is 0 Å². The lowest BCUT2D eigenvalue weighted by Crippen LogP contribution is -2.57. The molecule has 1 N–H and O–H groups in total. The highest BCUT2D eigenvalue weighted by Gasteiger charge is 2.62. The minimum absolute atomic E-state index is 0.157. The van der Waals surface area contributed by atoms with Gasteiger partial charge in [0, 0.05) is 17.8 Å². The molecule has 154 valence electrons. The van der Waals surface area contributed by atoms with E-state index in [0.717, 1.165) is 37.0 Å². The highest BCUT2D eigenvalue weighted by Crippen LogP contribution is 2.68. The summed E-state index contributed by atoms with van der Waals surface area (Å²) in [5.74, 6) is 11.9. The maximum Gasteiger partial charge on any atom is 0.133 e. The summed E-state index contributed by atoms with van der Waals surface area (Å²) in [7, 11) is 0. The van der Waals surface area contributed by atoms with Crippen molar-refractivity contribution in [2.24, 2.45) is 52.3 Å². The van der Waals surface area contributed by atoms with Crippen LogP contribution >= 0.6 is 0 Å². The van der Waals surface area contributed by atoms with Crippen LogP contribution in [0.4, 0.5) is 0 Å². The molecule has 0 bridgehead atoms. The number of ketones is 1. The summed E-state index contributed by atoms with van der Waals surface area (Å²) >= 11 is 0. The van der Waals surface area contributed by atoms with Crippen molar-refractivity contribution >= 4 is 5.78 Å². The standard InChI is InChI=1S/C26H38O2/c1-16(27)22-10-11-23-21-9-8-19-15-20(28)14-18(7-6-17-4-5-17)26(19,3)24(21)12-13-25(22,23)2/h17-24,28H,4-5,8-15H2,1-3H3/t18?,19-,20+,21-,22+,23-,24-,25+,26-/m0/s1. The first-order chi connectivity index (χ1) is 13.3. The van der Waals surface area contributed by atoms with E-state index >= 15 is 0 Å². The summed E-state index contributed by atoms with van der Waals surface area (Å²) in [5.41, 5.74) is 0.499. The van der Waals surface area contributed by atoms with Gasteiger partial charge in [-0.15, -0.1) is 0 Å². The molecule has 0 heterocycles. The molecule has 0 saturated heterocycles. The van der Waals surface area contributed by atoms with Crippen LogP contribution in [0.15, 0.2) is 0 Å². The third kappa shape index (κ3) is 2.75. The van der Waals surface area contributed by atoms with Gasteiger partial charge in [0.05, 0.1) is 6.10 Å². The number of hydrogen-bond donors (Lipinski definition) is 1. The topological polar surface area (TPSA) is 37.3 Å². The van der Waals surface area contributed by atoms with Crippen LogP contribution in [0, 0.1) is 64.1 Å². The van der Waals surface area contributed by atoms with E-state index in [0.29, 0.717) is 29.5 Å². The van der Waals surface area contributed by atoms with Gasteiger partial charge in [-0.25, -0.2) is 0 Å². The largest absolute Gasteiger partial charge is 0.393 e. The molecular weight excluding hydrogens is 344 g/mol. The molecule has 5 aliphatic carbocycles. The first-order valence-corrected chi connectivity index (χ1v) is 12.0. The second-order valence-corrected chi connectivity index (χ2v) is 11.5. The Kier molecular flexibility index (Phi) is 4.52. The molecule has 0 spiro atoms. The number of carbonyl (C=O) groups is 1. The van der Waals surface area contributed by atoms with E-state index in [4.69, 9.17) is 0 Å². The van der Waals surface area contributed by atoms with Crippen LogP contribution in [-0.2, 0) is 4.79 Å². The van der Waals surface area contributed by atoms with E-state index in [2.05, 4.69) is 25.7 Å². The van der Waals surface area contributed by atoms with Gasteiger partial charge in [-0.1, -0.05) is 25.7 Å². The molecule has 1 unspecified atom stereocenters.